The first-order chi connectivity index (χ1) is 32.5. The van der Waals surface area contributed by atoms with Gasteiger partial charge in [0.15, 0.2) is 6.10 Å². The second kappa shape index (κ2) is 54.5. The first kappa shape index (κ1) is 62.8. The lowest BCUT2D eigenvalue weighted by Crippen LogP contribution is -2.30. The van der Waals surface area contributed by atoms with Crippen molar-refractivity contribution in [3.05, 3.63) is 72.9 Å². The molecule has 0 N–H and O–H groups in total. The maximum atomic E-state index is 12.8. The van der Waals surface area contributed by atoms with Crippen molar-refractivity contribution in [3.63, 3.8) is 0 Å². The van der Waals surface area contributed by atoms with E-state index in [1.807, 2.05) is 0 Å². The van der Waals surface area contributed by atoms with Crippen LogP contribution in [0.15, 0.2) is 72.9 Å². The van der Waals surface area contributed by atoms with Gasteiger partial charge in [-0.25, -0.2) is 0 Å². The molecule has 0 heterocycles. The Hall–Kier alpha value is -3.15. The Balaban J connectivity index is 4.38. The zero-order valence-electron chi connectivity index (χ0n) is 43.4. The Labute approximate surface area is 408 Å². The molecule has 0 fully saturated rings. The predicted molar refractivity (Wildman–Crippen MR) is 284 cm³/mol. The number of allylic oxidation sites excluding steroid dienone is 12. The van der Waals surface area contributed by atoms with Gasteiger partial charge in [-0.3, -0.25) is 14.4 Å². The molecule has 0 saturated heterocycles. The third-order valence-electron chi connectivity index (χ3n) is 11.9. The molecule has 0 aromatic heterocycles. The van der Waals surface area contributed by atoms with E-state index in [2.05, 4.69) is 93.7 Å². The fourth-order valence-corrected chi connectivity index (χ4v) is 7.69. The minimum atomic E-state index is -0.789. The van der Waals surface area contributed by atoms with Gasteiger partial charge in [0.25, 0.3) is 0 Å². The minimum absolute atomic E-state index is 0.0858. The molecule has 0 aliphatic rings. The summed E-state index contributed by atoms with van der Waals surface area (Å²) in [6.07, 6.45) is 68.9. The monoisotopic (exact) mass is 921 g/mol. The molecule has 6 nitrogen and oxygen atoms in total. The maximum Gasteiger partial charge on any atom is 0.306 e. The van der Waals surface area contributed by atoms with E-state index in [9.17, 15) is 14.4 Å². The lowest BCUT2D eigenvalue weighted by Gasteiger charge is -2.18. The Morgan fingerprint density at radius 2 is 0.545 bits per heavy atom. The van der Waals surface area contributed by atoms with Crippen molar-refractivity contribution in [1.82, 2.24) is 0 Å². The number of carbonyl (C=O) groups excluding carboxylic acids is 3. The van der Waals surface area contributed by atoms with Crippen LogP contribution in [0.4, 0.5) is 0 Å². The van der Waals surface area contributed by atoms with Crippen LogP contribution in [0.1, 0.15) is 271 Å². The van der Waals surface area contributed by atoms with Crippen molar-refractivity contribution in [2.45, 2.75) is 277 Å². The van der Waals surface area contributed by atoms with Gasteiger partial charge in [-0.2, -0.15) is 0 Å². The van der Waals surface area contributed by atoms with Crippen molar-refractivity contribution in [2.75, 3.05) is 13.2 Å². The summed E-state index contributed by atoms with van der Waals surface area (Å²) in [6, 6.07) is 0. The van der Waals surface area contributed by atoms with Crippen LogP contribution in [0.25, 0.3) is 0 Å². The summed E-state index contributed by atoms with van der Waals surface area (Å²) in [4.78, 5) is 38.0. The largest absolute Gasteiger partial charge is 0.462 e. The van der Waals surface area contributed by atoms with Crippen LogP contribution in [-0.4, -0.2) is 37.2 Å². The van der Waals surface area contributed by atoms with E-state index < -0.39 is 6.10 Å². The Kier molecular flexibility index (Phi) is 51.9. The van der Waals surface area contributed by atoms with E-state index >= 15 is 0 Å². The standard InChI is InChI=1S/C60H104O6/c1-4-7-10-13-16-19-22-24-26-28-30-32-34-36-38-41-44-47-50-53-59(62)65-56-57(55-64-58(61)52-49-46-43-40-21-18-15-12-9-6-3)66-60(63)54-51-48-45-42-39-37-35-33-31-29-27-25-23-20-17-14-11-8-5-2/h16-17,19-20,24-27,30,32,36,38,57H,4-15,18,21-23,28-29,31,33-35,37,39-56H2,1-3H3/b19-16-,20-17-,26-24-,27-25-,32-30-,38-36-/t57-/m1/s1. The smallest absolute Gasteiger partial charge is 0.306 e. The topological polar surface area (TPSA) is 78.9 Å². The Morgan fingerprint density at radius 3 is 0.894 bits per heavy atom. The van der Waals surface area contributed by atoms with Crippen molar-refractivity contribution < 1.29 is 28.6 Å². The van der Waals surface area contributed by atoms with Crippen molar-refractivity contribution >= 4 is 17.9 Å². The maximum absolute atomic E-state index is 12.8. The molecule has 0 saturated carbocycles. The van der Waals surface area contributed by atoms with Crippen molar-refractivity contribution in [3.8, 4) is 0 Å². The quantitative estimate of drug-likeness (QED) is 0.0262. The van der Waals surface area contributed by atoms with Gasteiger partial charge >= 0.3 is 17.9 Å². The first-order valence-corrected chi connectivity index (χ1v) is 27.9. The fourth-order valence-electron chi connectivity index (χ4n) is 7.69. The lowest BCUT2D eigenvalue weighted by molar-refractivity contribution is -0.167. The van der Waals surface area contributed by atoms with Gasteiger partial charge < -0.3 is 14.2 Å². The molecule has 6 heteroatoms. The summed E-state index contributed by atoms with van der Waals surface area (Å²) in [5, 5.41) is 0. The zero-order valence-corrected chi connectivity index (χ0v) is 43.4. The number of ether oxygens (including phenoxy) is 3. The van der Waals surface area contributed by atoms with Gasteiger partial charge in [0.2, 0.25) is 0 Å². The second-order valence-electron chi connectivity index (χ2n) is 18.5. The number of esters is 3. The Morgan fingerprint density at radius 1 is 0.303 bits per heavy atom. The normalized spacial score (nSPS) is 12.6. The molecule has 66 heavy (non-hydrogen) atoms. The zero-order chi connectivity index (χ0) is 47.9. The molecule has 380 valence electrons. The van der Waals surface area contributed by atoms with E-state index in [0.29, 0.717) is 19.3 Å². The summed E-state index contributed by atoms with van der Waals surface area (Å²) in [5.41, 5.74) is 0. The summed E-state index contributed by atoms with van der Waals surface area (Å²) < 4.78 is 16.8. The van der Waals surface area contributed by atoms with Gasteiger partial charge in [0.05, 0.1) is 0 Å². The third-order valence-corrected chi connectivity index (χ3v) is 11.9. The van der Waals surface area contributed by atoms with Gasteiger partial charge in [-0.1, -0.05) is 229 Å². The summed E-state index contributed by atoms with van der Waals surface area (Å²) in [5.74, 6) is -0.918. The highest BCUT2D eigenvalue weighted by Gasteiger charge is 2.19. The van der Waals surface area contributed by atoms with Gasteiger partial charge in [-0.15, -0.1) is 0 Å². The van der Waals surface area contributed by atoms with Crippen LogP contribution in [-0.2, 0) is 28.6 Å². The highest BCUT2D eigenvalue weighted by Crippen LogP contribution is 2.15. The van der Waals surface area contributed by atoms with E-state index in [1.54, 1.807) is 0 Å². The molecule has 0 radical (unpaired) electrons. The van der Waals surface area contributed by atoms with Crippen molar-refractivity contribution in [1.29, 1.82) is 0 Å². The molecule has 0 aromatic carbocycles. The van der Waals surface area contributed by atoms with Crippen LogP contribution in [0.2, 0.25) is 0 Å². The molecule has 0 spiro atoms. The highest BCUT2D eigenvalue weighted by atomic mass is 16.6. The molecule has 1 atom stereocenters. The number of rotatable bonds is 50. The molecule has 0 aliphatic carbocycles. The van der Waals surface area contributed by atoms with Crippen LogP contribution >= 0.6 is 0 Å². The van der Waals surface area contributed by atoms with Crippen molar-refractivity contribution in [2.24, 2.45) is 0 Å². The van der Waals surface area contributed by atoms with Crippen LogP contribution in [0.3, 0.4) is 0 Å². The molecule has 0 amide bonds. The molecule has 0 rings (SSSR count). The summed E-state index contributed by atoms with van der Waals surface area (Å²) in [6.45, 7) is 6.56. The second-order valence-corrected chi connectivity index (χ2v) is 18.5. The van der Waals surface area contributed by atoms with Gasteiger partial charge in [-0.05, 0) is 96.3 Å². The van der Waals surface area contributed by atoms with Gasteiger partial charge in [0.1, 0.15) is 13.2 Å². The van der Waals surface area contributed by atoms with E-state index in [4.69, 9.17) is 14.2 Å². The lowest BCUT2D eigenvalue weighted by atomic mass is 10.1. The van der Waals surface area contributed by atoms with Gasteiger partial charge in [0, 0.05) is 19.3 Å². The van der Waals surface area contributed by atoms with Crippen LogP contribution in [0, 0.1) is 0 Å². The number of carbonyl (C=O) groups is 3. The number of unbranched alkanes of at least 4 members (excludes halogenated alkanes) is 27. The summed E-state index contributed by atoms with van der Waals surface area (Å²) >= 11 is 0. The van der Waals surface area contributed by atoms with E-state index in [0.717, 1.165) is 89.9 Å². The van der Waals surface area contributed by atoms with E-state index in [1.165, 1.54) is 141 Å². The SMILES string of the molecule is CCCCC/C=C\C/C=C\C/C=C\C/C=C\CCCCCC(=O)OC[C@@H](COC(=O)CCCCCCCCCCCC)OC(=O)CCCCCCCCCCC/C=C\C/C=C\CCCCC. The number of hydrogen-bond donors (Lipinski definition) is 0. The van der Waals surface area contributed by atoms with Crippen LogP contribution < -0.4 is 0 Å². The summed E-state index contributed by atoms with van der Waals surface area (Å²) in [7, 11) is 0. The molecular weight excluding hydrogens is 817 g/mol. The molecule has 0 bridgehead atoms. The highest BCUT2D eigenvalue weighted by molar-refractivity contribution is 5.71. The van der Waals surface area contributed by atoms with E-state index in [-0.39, 0.29) is 31.1 Å². The number of hydrogen-bond acceptors (Lipinski definition) is 6. The molecule has 0 aromatic rings. The third kappa shape index (κ3) is 51.8. The first-order valence-electron chi connectivity index (χ1n) is 27.9. The Bertz CT molecular complexity index is 1240. The van der Waals surface area contributed by atoms with Crippen LogP contribution in [0.5, 0.6) is 0 Å². The average Bonchev–Trinajstić information content (AvgIpc) is 3.31. The molecule has 0 aliphatic heterocycles. The average molecular weight is 921 g/mol. The predicted octanol–water partition coefficient (Wildman–Crippen LogP) is 18.6. The fraction of sp³-hybridized carbons (Fsp3) is 0.750. The molecular formula is C60H104O6. The molecule has 0 unspecified atom stereocenters. The minimum Gasteiger partial charge on any atom is -0.462 e.